The number of aromatic nitrogens is 1. The number of hydrogen-bond acceptors (Lipinski definition) is 3. The van der Waals surface area contributed by atoms with Crippen LogP contribution in [0.25, 0.3) is 0 Å². The van der Waals surface area contributed by atoms with E-state index in [1.807, 2.05) is 18.3 Å². The van der Waals surface area contributed by atoms with Gasteiger partial charge >= 0.3 is 0 Å². The Hall–Kier alpha value is -0.800. The molecule has 0 bridgehead atoms. The normalized spacial score (nSPS) is 20.9. The van der Waals surface area contributed by atoms with Crippen LogP contribution in [0.1, 0.15) is 12.0 Å². The van der Waals surface area contributed by atoms with E-state index in [4.69, 9.17) is 16.3 Å². The molecule has 0 saturated carbocycles. The van der Waals surface area contributed by atoms with E-state index in [0.717, 1.165) is 30.9 Å². The Kier molecular flexibility index (Phi) is 3.44. The minimum atomic E-state index is 0.329. The van der Waals surface area contributed by atoms with Crippen LogP contribution >= 0.6 is 11.6 Å². The highest BCUT2D eigenvalue weighted by Crippen LogP contribution is 2.24. The molecule has 1 aliphatic rings. The average Bonchev–Trinajstić information content (AvgIpc) is 2.77. The third-order valence-corrected chi connectivity index (χ3v) is 3.08. The lowest BCUT2D eigenvalue weighted by atomic mass is 10.3. The maximum absolute atomic E-state index is 5.88. The smallest absolute Gasteiger partial charge is 0.133 e. The maximum Gasteiger partial charge on any atom is 0.133 e. The van der Waals surface area contributed by atoms with Gasteiger partial charge < -0.3 is 9.64 Å². The van der Waals surface area contributed by atoms with E-state index >= 15 is 0 Å². The molecule has 1 aromatic heterocycles. The summed E-state index contributed by atoms with van der Waals surface area (Å²) in [6, 6.07) is 3.94. The van der Waals surface area contributed by atoms with Crippen LogP contribution in [0.4, 0.5) is 5.82 Å². The number of pyridine rings is 1. The van der Waals surface area contributed by atoms with Crippen LogP contribution in [0.3, 0.4) is 0 Å². The fraction of sp³-hybridized carbons (Fsp3) is 0.545. The highest BCUT2D eigenvalue weighted by Gasteiger charge is 2.24. The predicted octanol–water partition coefficient (Wildman–Crippen LogP) is 2.05. The third-order valence-electron chi connectivity index (χ3n) is 2.79. The van der Waals surface area contributed by atoms with Gasteiger partial charge in [0.2, 0.25) is 0 Å². The van der Waals surface area contributed by atoms with Gasteiger partial charge in [-0.25, -0.2) is 4.98 Å². The Morgan fingerprint density at radius 1 is 1.67 bits per heavy atom. The first-order chi connectivity index (χ1) is 7.35. The molecule has 82 valence electrons. The van der Waals surface area contributed by atoms with Crippen LogP contribution in [0, 0.1) is 0 Å². The summed E-state index contributed by atoms with van der Waals surface area (Å²) in [6.07, 6.45) is 3.20. The van der Waals surface area contributed by atoms with Crippen molar-refractivity contribution < 1.29 is 4.74 Å². The molecule has 0 aliphatic carbocycles. The second-order valence-electron chi connectivity index (χ2n) is 3.71. The van der Waals surface area contributed by atoms with Gasteiger partial charge in [0.25, 0.3) is 0 Å². The number of methoxy groups -OCH3 is 1. The van der Waals surface area contributed by atoms with Crippen molar-refractivity contribution in [3.63, 3.8) is 0 Å². The molecule has 15 heavy (non-hydrogen) atoms. The van der Waals surface area contributed by atoms with E-state index in [9.17, 15) is 0 Å². The lowest BCUT2D eigenvalue weighted by molar-refractivity contribution is 0.121. The fourth-order valence-corrected chi connectivity index (χ4v) is 2.14. The molecule has 1 aromatic rings. The van der Waals surface area contributed by atoms with Crippen molar-refractivity contribution >= 4 is 17.4 Å². The molecular weight excluding hydrogens is 212 g/mol. The molecule has 2 heterocycles. The second-order valence-corrected chi connectivity index (χ2v) is 3.98. The Balaban J connectivity index is 2.16. The van der Waals surface area contributed by atoms with Gasteiger partial charge in [-0.15, -0.1) is 11.6 Å². The number of ether oxygens (including phenoxy) is 1. The molecule has 3 nitrogen and oxygen atoms in total. The molecular formula is C11H15ClN2O. The molecule has 1 aliphatic heterocycles. The standard InChI is InChI=1S/C11H15ClN2O/c1-15-10-4-6-14(8-10)11-9(7-12)3-2-5-13-11/h2-3,5,10H,4,6-8H2,1H3. The zero-order chi connectivity index (χ0) is 10.7. The van der Waals surface area contributed by atoms with Crippen molar-refractivity contribution in [2.24, 2.45) is 0 Å². The maximum atomic E-state index is 5.88. The van der Waals surface area contributed by atoms with Gasteiger partial charge in [0.1, 0.15) is 5.82 Å². The zero-order valence-electron chi connectivity index (χ0n) is 8.82. The Labute approximate surface area is 95.0 Å². The molecule has 1 atom stereocenters. The molecule has 0 aromatic carbocycles. The molecule has 0 N–H and O–H groups in total. The second kappa shape index (κ2) is 4.81. The number of rotatable bonds is 3. The van der Waals surface area contributed by atoms with Crippen molar-refractivity contribution in [3.8, 4) is 0 Å². The first kappa shape index (κ1) is 10.7. The van der Waals surface area contributed by atoms with Crippen molar-refractivity contribution in [1.82, 2.24) is 4.98 Å². The predicted molar refractivity (Wildman–Crippen MR) is 61.4 cm³/mol. The Morgan fingerprint density at radius 2 is 2.53 bits per heavy atom. The lowest BCUT2D eigenvalue weighted by Gasteiger charge is -2.19. The topological polar surface area (TPSA) is 25.4 Å². The molecule has 0 spiro atoms. The molecule has 1 unspecified atom stereocenters. The van der Waals surface area contributed by atoms with Gasteiger partial charge in [0, 0.05) is 32.0 Å². The van der Waals surface area contributed by atoms with E-state index in [1.54, 1.807) is 7.11 Å². The largest absolute Gasteiger partial charge is 0.380 e. The van der Waals surface area contributed by atoms with Crippen LogP contribution in [0.15, 0.2) is 18.3 Å². The number of hydrogen-bond donors (Lipinski definition) is 0. The summed E-state index contributed by atoms with van der Waals surface area (Å²) >= 11 is 5.88. The number of halogens is 1. The number of anilines is 1. The SMILES string of the molecule is COC1CCN(c2ncccc2CCl)C1. The van der Waals surface area contributed by atoms with Crippen molar-refractivity contribution in [2.75, 3.05) is 25.1 Å². The quantitative estimate of drug-likeness (QED) is 0.738. The van der Waals surface area contributed by atoms with Crippen LogP contribution in [-0.4, -0.2) is 31.3 Å². The van der Waals surface area contributed by atoms with Gasteiger partial charge in [-0.2, -0.15) is 0 Å². The molecule has 0 amide bonds. The summed E-state index contributed by atoms with van der Waals surface area (Å²) in [4.78, 5) is 6.63. The van der Waals surface area contributed by atoms with Crippen LogP contribution in [-0.2, 0) is 10.6 Å². The van der Waals surface area contributed by atoms with E-state index in [-0.39, 0.29) is 0 Å². The summed E-state index contributed by atoms with van der Waals surface area (Å²) in [5.74, 6) is 1.52. The summed E-state index contributed by atoms with van der Waals surface area (Å²) in [5.41, 5.74) is 1.09. The zero-order valence-corrected chi connectivity index (χ0v) is 9.57. The highest BCUT2D eigenvalue weighted by atomic mass is 35.5. The third kappa shape index (κ3) is 2.24. The minimum Gasteiger partial charge on any atom is -0.380 e. The molecule has 1 fully saturated rings. The minimum absolute atomic E-state index is 0.329. The molecule has 1 saturated heterocycles. The molecule has 2 rings (SSSR count). The fourth-order valence-electron chi connectivity index (χ4n) is 1.93. The summed E-state index contributed by atoms with van der Waals surface area (Å²) in [7, 11) is 1.76. The van der Waals surface area contributed by atoms with E-state index < -0.39 is 0 Å². The van der Waals surface area contributed by atoms with Crippen LogP contribution in [0.5, 0.6) is 0 Å². The first-order valence-electron chi connectivity index (χ1n) is 5.12. The highest BCUT2D eigenvalue weighted by molar-refractivity contribution is 6.17. The van der Waals surface area contributed by atoms with Gasteiger partial charge in [0.05, 0.1) is 12.0 Å². The van der Waals surface area contributed by atoms with Gasteiger partial charge in [-0.1, -0.05) is 6.07 Å². The summed E-state index contributed by atoms with van der Waals surface area (Å²) < 4.78 is 5.33. The number of alkyl halides is 1. The van der Waals surface area contributed by atoms with Crippen molar-refractivity contribution in [1.29, 1.82) is 0 Å². The first-order valence-corrected chi connectivity index (χ1v) is 5.66. The van der Waals surface area contributed by atoms with Gasteiger partial charge in [-0.3, -0.25) is 0 Å². The van der Waals surface area contributed by atoms with E-state index in [0.29, 0.717) is 12.0 Å². The summed E-state index contributed by atoms with van der Waals surface area (Å²) in [6.45, 7) is 1.91. The molecule has 4 heteroatoms. The van der Waals surface area contributed by atoms with E-state index in [1.165, 1.54) is 0 Å². The van der Waals surface area contributed by atoms with Gasteiger partial charge in [0.15, 0.2) is 0 Å². The lowest BCUT2D eigenvalue weighted by Crippen LogP contribution is -2.24. The van der Waals surface area contributed by atoms with Gasteiger partial charge in [-0.05, 0) is 12.5 Å². The Bertz CT molecular complexity index is 332. The average molecular weight is 227 g/mol. The van der Waals surface area contributed by atoms with Crippen LogP contribution < -0.4 is 4.90 Å². The number of nitrogens with zero attached hydrogens (tertiary/aromatic N) is 2. The van der Waals surface area contributed by atoms with Crippen molar-refractivity contribution in [3.05, 3.63) is 23.9 Å². The molecule has 0 radical (unpaired) electrons. The van der Waals surface area contributed by atoms with E-state index in [2.05, 4.69) is 9.88 Å². The Morgan fingerprint density at radius 3 is 3.20 bits per heavy atom. The van der Waals surface area contributed by atoms with Crippen molar-refractivity contribution in [2.45, 2.75) is 18.4 Å². The monoisotopic (exact) mass is 226 g/mol. The van der Waals surface area contributed by atoms with Crippen LogP contribution in [0.2, 0.25) is 0 Å². The summed E-state index contributed by atoms with van der Waals surface area (Å²) in [5, 5.41) is 0.